The van der Waals surface area contributed by atoms with E-state index in [0.29, 0.717) is 6.42 Å². The second-order valence-electron chi connectivity index (χ2n) is 5.90. The SMILES string of the molecule is O=C(O)CC1(CC(=O)N2CCCC2)CCCCC1. The number of hydrogen-bond acceptors (Lipinski definition) is 2. The zero-order valence-electron chi connectivity index (χ0n) is 11.0. The molecule has 1 saturated carbocycles. The van der Waals surface area contributed by atoms with Gasteiger partial charge in [-0.3, -0.25) is 9.59 Å². The van der Waals surface area contributed by atoms with Gasteiger partial charge in [0, 0.05) is 19.5 Å². The summed E-state index contributed by atoms with van der Waals surface area (Å²) in [6.07, 6.45) is 7.92. The molecule has 0 atom stereocenters. The summed E-state index contributed by atoms with van der Waals surface area (Å²) >= 11 is 0. The lowest BCUT2D eigenvalue weighted by Crippen LogP contribution is -2.36. The minimum absolute atomic E-state index is 0.159. The molecule has 1 amide bonds. The fourth-order valence-electron chi connectivity index (χ4n) is 3.44. The molecule has 4 nitrogen and oxygen atoms in total. The number of carboxylic acids is 1. The van der Waals surface area contributed by atoms with E-state index in [0.717, 1.165) is 51.6 Å². The number of nitrogens with zero attached hydrogens (tertiary/aromatic N) is 1. The monoisotopic (exact) mass is 253 g/mol. The van der Waals surface area contributed by atoms with Gasteiger partial charge in [-0.2, -0.15) is 0 Å². The van der Waals surface area contributed by atoms with Crippen molar-refractivity contribution in [3.63, 3.8) is 0 Å². The van der Waals surface area contributed by atoms with Crippen molar-refractivity contribution in [2.45, 2.75) is 57.8 Å². The Morgan fingerprint density at radius 3 is 2.11 bits per heavy atom. The van der Waals surface area contributed by atoms with E-state index in [9.17, 15) is 9.59 Å². The highest BCUT2D eigenvalue weighted by atomic mass is 16.4. The van der Waals surface area contributed by atoms with Crippen LogP contribution in [0.25, 0.3) is 0 Å². The maximum atomic E-state index is 12.2. The number of carboxylic acid groups (broad SMARTS) is 1. The first-order chi connectivity index (χ1) is 8.61. The minimum Gasteiger partial charge on any atom is -0.481 e. The molecule has 2 fully saturated rings. The number of aliphatic carboxylic acids is 1. The number of carbonyl (C=O) groups excluding carboxylic acids is 1. The van der Waals surface area contributed by atoms with Crippen molar-refractivity contribution >= 4 is 11.9 Å². The Bertz CT molecular complexity index is 315. The van der Waals surface area contributed by atoms with Crippen molar-refractivity contribution < 1.29 is 14.7 Å². The Hall–Kier alpha value is -1.06. The van der Waals surface area contributed by atoms with Crippen molar-refractivity contribution in [2.75, 3.05) is 13.1 Å². The molecular formula is C14H23NO3. The van der Waals surface area contributed by atoms with E-state index in [1.807, 2.05) is 4.90 Å². The van der Waals surface area contributed by atoms with Crippen LogP contribution < -0.4 is 0 Å². The first-order valence-corrected chi connectivity index (χ1v) is 7.11. The molecular weight excluding hydrogens is 230 g/mol. The number of likely N-dealkylation sites (tertiary alicyclic amines) is 1. The molecule has 0 unspecified atom stereocenters. The summed E-state index contributed by atoms with van der Waals surface area (Å²) in [5, 5.41) is 9.08. The third kappa shape index (κ3) is 3.24. The smallest absolute Gasteiger partial charge is 0.303 e. The fraction of sp³-hybridized carbons (Fsp3) is 0.857. The quantitative estimate of drug-likeness (QED) is 0.837. The van der Waals surface area contributed by atoms with Gasteiger partial charge in [0.2, 0.25) is 5.91 Å². The predicted molar refractivity (Wildman–Crippen MR) is 68.2 cm³/mol. The fourth-order valence-corrected chi connectivity index (χ4v) is 3.44. The summed E-state index contributed by atoms with van der Waals surface area (Å²) in [6.45, 7) is 1.73. The van der Waals surface area contributed by atoms with Gasteiger partial charge in [-0.15, -0.1) is 0 Å². The molecule has 1 aliphatic carbocycles. The molecule has 1 aliphatic heterocycles. The zero-order chi connectivity index (χ0) is 13.0. The molecule has 0 radical (unpaired) electrons. The van der Waals surface area contributed by atoms with Gasteiger partial charge < -0.3 is 10.0 Å². The van der Waals surface area contributed by atoms with Crippen molar-refractivity contribution in [2.24, 2.45) is 5.41 Å². The predicted octanol–water partition coefficient (Wildman–Crippen LogP) is 2.42. The van der Waals surface area contributed by atoms with Crippen LogP contribution in [0.1, 0.15) is 57.8 Å². The number of carbonyl (C=O) groups is 2. The van der Waals surface area contributed by atoms with Crippen molar-refractivity contribution in [3.05, 3.63) is 0 Å². The van der Waals surface area contributed by atoms with E-state index in [1.54, 1.807) is 0 Å². The maximum absolute atomic E-state index is 12.2. The van der Waals surface area contributed by atoms with E-state index < -0.39 is 5.97 Å². The summed E-state index contributed by atoms with van der Waals surface area (Å²) in [6, 6.07) is 0. The maximum Gasteiger partial charge on any atom is 0.303 e. The zero-order valence-corrected chi connectivity index (χ0v) is 11.0. The van der Waals surface area contributed by atoms with Crippen LogP contribution in [-0.4, -0.2) is 35.0 Å². The van der Waals surface area contributed by atoms with E-state index in [1.165, 1.54) is 6.42 Å². The largest absolute Gasteiger partial charge is 0.481 e. The molecule has 1 heterocycles. The highest BCUT2D eigenvalue weighted by Crippen LogP contribution is 2.42. The lowest BCUT2D eigenvalue weighted by Gasteiger charge is -2.36. The van der Waals surface area contributed by atoms with E-state index in [4.69, 9.17) is 5.11 Å². The molecule has 1 saturated heterocycles. The van der Waals surface area contributed by atoms with E-state index >= 15 is 0 Å². The van der Waals surface area contributed by atoms with Gasteiger partial charge in [0.15, 0.2) is 0 Å². The second kappa shape index (κ2) is 5.72. The van der Waals surface area contributed by atoms with Crippen LogP contribution in [0.4, 0.5) is 0 Å². The summed E-state index contributed by atoms with van der Waals surface area (Å²) in [4.78, 5) is 25.2. The van der Waals surface area contributed by atoms with Gasteiger partial charge in [0.25, 0.3) is 0 Å². The second-order valence-corrected chi connectivity index (χ2v) is 5.90. The minimum atomic E-state index is -0.758. The standard InChI is InChI=1S/C14H23NO3/c16-12(15-8-4-5-9-15)10-14(11-13(17)18)6-2-1-3-7-14/h1-11H2,(H,17,18). The van der Waals surface area contributed by atoms with Gasteiger partial charge in [-0.05, 0) is 31.1 Å². The normalized spacial score (nSPS) is 23.0. The third-order valence-corrected chi connectivity index (χ3v) is 4.43. The Morgan fingerprint density at radius 2 is 1.56 bits per heavy atom. The summed E-state index contributed by atoms with van der Waals surface area (Å²) in [5.41, 5.74) is -0.260. The average Bonchev–Trinajstić information content (AvgIpc) is 2.82. The van der Waals surface area contributed by atoms with Crippen LogP contribution in [-0.2, 0) is 9.59 Å². The molecule has 4 heteroatoms. The Labute approximate surface area is 108 Å². The number of hydrogen-bond donors (Lipinski definition) is 1. The van der Waals surface area contributed by atoms with Crippen molar-refractivity contribution in [1.29, 1.82) is 0 Å². The van der Waals surface area contributed by atoms with Crippen molar-refractivity contribution in [3.8, 4) is 0 Å². The van der Waals surface area contributed by atoms with Gasteiger partial charge in [-0.25, -0.2) is 0 Å². The number of amides is 1. The van der Waals surface area contributed by atoms with Crippen LogP contribution in [0, 0.1) is 5.41 Å². The van der Waals surface area contributed by atoms with Crippen molar-refractivity contribution in [1.82, 2.24) is 4.90 Å². The number of rotatable bonds is 4. The first kappa shape index (κ1) is 13.4. The third-order valence-electron chi connectivity index (χ3n) is 4.43. The Morgan fingerprint density at radius 1 is 0.944 bits per heavy atom. The van der Waals surface area contributed by atoms with Crippen LogP contribution in [0.2, 0.25) is 0 Å². The van der Waals surface area contributed by atoms with E-state index in [-0.39, 0.29) is 17.7 Å². The van der Waals surface area contributed by atoms with Gasteiger partial charge in [-0.1, -0.05) is 19.3 Å². The Balaban J connectivity index is 1.99. The lowest BCUT2D eigenvalue weighted by atomic mass is 9.69. The lowest BCUT2D eigenvalue weighted by molar-refractivity contribution is -0.142. The highest BCUT2D eigenvalue weighted by molar-refractivity contribution is 5.78. The molecule has 18 heavy (non-hydrogen) atoms. The molecule has 2 aliphatic rings. The summed E-state index contributed by atoms with van der Waals surface area (Å²) in [7, 11) is 0. The van der Waals surface area contributed by atoms with Gasteiger partial charge in [0.05, 0.1) is 6.42 Å². The van der Waals surface area contributed by atoms with Crippen LogP contribution in [0.15, 0.2) is 0 Å². The molecule has 1 N–H and O–H groups in total. The molecule has 0 aromatic rings. The van der Waals surface area contributed by atoms with Gasteiger partial charge >= 0.3 is 5.97 Å². The average molecular weight is 253 g/mol. The molecule has 0 spiro atoms. The van der Waals surface area contributed by atoms with Gasteiger partial charge in [0.1, 0.15) is 0 Å². The van der Waals surface area contributed by atoms with E-state index in [2.05, 4.69) is 0 Å². The highest BCUT2D eigenvalue weighted by Gasteiger charge is 2.37. The molecule has 0 aromatic heterocycles. The summed E-state index contributed by atoms with van der Waals surface area (Å²) in [5.74, 6) is -0.582. The van der Waals surface area contributed by atoms with Crippen LogP contribution in [0.5, 0.6) is 0 Å². The summed E-state index contributed by atoms with van der Waals surface area (Å²) < 4.78 is 0. The molecule has 102 valence electrons. The Kier molecular flexibility index (Phi) is 4.25. The molecule has 0 bridgehead atoms. The van der Waals surface area contributed by atoms with Crippen LogP contribution >= 0.6 is 0 Å². The first-order valence-electron chi connectivity index (χ1n) is 7.11. The molecule has 2 rings (SSSR count). The topological polar surface area (TPSA) is 57.6 Å². The molecule has 0 aromatic carbocycles. The van der Waals surface area contributed by atoms with Crippen LogP contribution in [0.3, 0.4) is 0 Å².